The van der Waals surface area contributed by atoms with Crippen LogP contribution in [0.3, 0.4) is 0 Å². The molecule has 3 N–H and O–H groups in total. The molecule has 102 valence electrons. The first-order valence-corrected chi connectivity index (χ1v) is 7.67. The monoisotopic (exact) mass is 273 g/mol. The second-order valence-electron chi connectivity index (χ2n) is 4.34. The van der Waals surface area contributed by atoms with E-state index in [9.17, 15) is 18.6 Å². The molecule has 1 aromatic rings. The van der Waals surface area contributed by atoms with E-state index in [1.807, 2.05) is 0 Å². The van der Waals surface area contributed by atoms with E-state index in [-0.39, 0.29) is 12.3 Å². The lowest BCUT2D eigenvalue weighted by molar-refractivity contribution is 0.0198. The van der Waals surface area contributed by atoms with Gasteiger partial charge in [-0.2, -0.15) is 0 Å². The maximum Gasteiger partial charge on any atom is 0.151 e. The fourth-order valence-corrected chi connectivity index (χ4v) is 2.59. The quantitative estimate of drug-likeness (QED) is 0.671. The van der Waals surface area contributed by atoms with Crippen molar-refractivity contribution in [1.29, 1.82) is 0 Å². The normalized spacial score (nSPS) is 15.3. The minimum atomic E-state index is -3.18. The van der Waals surface area contributed by atoms with Crippen molar-refractivity contribution in [3.8, 4) is 0 Å². The predicted octanol–water partition coefficient (Wildman–Crippen LogP) is -0.155. The van der Waals surface area contributed by atoms with Crippen molar-refractivity contribution in [2.75, 3.05) is 19.8 Å². The van der Waals surface area contributed by atoms with E-state index in [1.165, 1.54) is 0 Å². The van der Waals surface area contributed by atoms with Crippen molar-refractivity contribution in [1.82, 2.24) is 5.32 Å². The molecule has 0 aliphatic carbocycles. The van der Waals surface area contributed by atoms with Crippen molar-refractivity contribution < 1.29 is 18.6 Å². The Morgan fingerprint density at radius 3 is 2.44 bits per heavy atom. The summed E-state index contributed by atoms with van der Waals surface area (Å²) >= 11 is 0. The molecule has 2 atom stereocenters. The highest BCUT2D eigenvalue weighted by atomic mass is 32.2. The Bertz CT molecular complexity index is 487. The van der Waals surface area contributed by atoms with Gasteiger partial charge in [0.2, 0.25) is 0 Å². The van der Waals surface area contributed by atoms with Crippen LogP contribution < -0.4 is 5.32 Å². The van der Waals surface area contributed by atoms with Crippen LogP contribution in [-0.4, -0.2) is 44.6 Å². The third-order valence-corrected chi connectivity index (χ3v) is 3.40. The van der Waals surface area contributed by atoms with Crippen LogP contribution in [0.5, 0.6) is 0 Å². The molecule has 0 aromatic heterocycles. The second-order valence-corrected chi connectivity index (χ2v) is 6.48. The summed E-state index contributed by atoms with van der Waals surface area (Å²) in [5, 5.41) is 22.5. The molecular formula is C12H19NO4S. The average molecular weight is 273 g/mol. The lowest BCUT2D eigenvalue weighted by atomic mass is 9.99. The summed E-state index contributed by atoms with van der Waals surface area (Å²) in [5.74, 6) is -0.146. The Balaban J connectivity index is 3.01. The molecule has 0 saturated heterocycles. The highest BCUT2D eigenvalue weighted by molar-refractivity contribution is 7.89. The van der Waals surface area contributed by atoms with Crippen LogP contribution in [0.25, 0.3) is 0 Å². The van der Waals surface area contributed by atoms with Crippen molar-refractivity contribution in [2.45, 2.75) is 18.0 Å². The maximum atomic E-state index is 11.3. The predicted molar refractivity (Wildman–Crippen MR) is 69.9 cm³/mol. The lowest BCUT2D eigenvalue weighted by Gasteiger charge is -2.20. The van der Waals surface area contributed by atoms with E-state index in [4.69, 9.17) is 0 Å². The zero-order chi connectivity index (χ0) is 13.8. The van der Waals surface area contributed by atoms with E-state index < -0.39 is 22.0 Å². The molecule has 6 heteroatoms. The molecule has 0 radical (unpaired) electrons. The number of hydrogen-bond donors (Lipinski definition) is 3. The van der Waals surface area contributed by atoms with Gasteiger partial charge in [0, 0.05) is 12.8 Å². The molecule has 0 bridgehead atoms. The number of aliphatic hydroxyl groups is 2. The zero-order valence-electron chi connectivity index (χ0n) is 10.5. The van der Waals surface area contributed by atoms with Gasteiger partial charge in [0.1, 0.15) is 6.10 Å². The van der Waals surface area contributed by atoms with Crippen molar-refractivity contribution in [3.05, 3.63) is 35.4 Å². The number of rotatable bonds is 6. The number of aliphatic hydroxyl groups excluding tert-OH is 2. The zero-order valence-corrected chi connectivity index (χ0v) is 11.3. The van der Waals surface area contributed by atoms with E-state index in [2.05, 4.69) is 5.32 Å². The summed E-state index contributed by atoms with van der Waals surface area (Å²) in [6.07, 6.45) is -0.939. The van der Waals surface area contributed by atoms with E-state index in [0.717, 1.165) is 6.26 Å². The number of nitrogens with one attached hydrogen (secondary N) is 1. The fraction of sp³-hybridized carbons (Fsp3) is 0.500. The van der Waals surface area contributed by atoms with Crippen LogP contribution in [-0.2, 0) is 15.6 Å². The van der Waals surface area contributed by atoms with E-state index in [1.54, 1.807) is 31.3 Å². The van der Waals surface area contributed by atoms with Crippen LogP contribution in [0.2, 0.25) is 0 Å². The molecule has 1 rings (SSSR count). The Morgan fingerprint density at radius 1 is 1.28 bits per heavy atom. The molecule has 0 amide bonds. The van der Waals surface area contributed by atoms with E-state index >= 15 is 0 Å². The molecule has 18 heavy (non-hydrogen) atoms. The highest BCUT2D eigenvalue weighted by Crippen LogP contribution is 2.22. The molecule has 0 spiro atoms. The van der Waals surface area contributed by atoms with Crippen molar-refractivity contribution in [2.24, 2.45) is 0 Å². The smallest absolute Gasteiger partial charge is 0.151 e. The number of sulfone groups is 1. The van der Waals surface area contributed by atoms with Crippen molar-refractivity contribution in [3.63, 3.8) is 0 Å². The SMILES string of the molecule is CNCC(O)C(O)c1ccccc1CS(C)(=O)=O. The van der Waals surface area contributed by atoms with Gasteiger partial charge in [-0.3, -0.25) is 0 Å². The summed E-state index contributed by atoms with van der Waals surface area (Å²) in [4.78, 5) is 0. The van der Waals surface area contributed by atoms with Crippen LogP contribution in [0.15, 0.2) is 24.3 Å². The van der Waals surface area contributed by atoms with Gasteiger partial charge in [-0.15, -0.1) is 0 Å². The molecule has 0 aliphatic heterocycles. The van der Waals surface area contributed by atoms with Gasteiger partial charge in [-0.05, 0) is 18.2 Å². The van der Waals surface area contributed by atoms with Crippen molar-refractivity contribution >= 4 is 9.84 Å². The highest BCUT2D eigenvalue weighted by Gasteiger charge is 2.21. The van der Waals surface area contributed by atoms with Crippen LogP contribution >= 0.6 is 0 Å². The topological polar surface area (TPSA) is 86.6 Å². The molecule has 0 heterocycles. The van der Waals surface area contributed by atoms with Gasteiger partial charge in [0.25, 0.3) is 0 Å². The first-order valence-electron chi connectivity index (χ1n) is 5.61. The summed E-state index contributed by atoms with van der Waals surface area (Å²) < 4.78 is 22.6. The molecule has 0 aliphatic rings. The summed E-state index contributed by atoms with van der Waals surface area (Å²) in [5.41, 5.74) is 0.966. The Labute approximate surface area is 107 Å². The minimum absolute atomic E-state index is 0.146. The minimum Gasteiger partial charge on any atom is -0.389 e. The average Bonchev–Trinajstić information content (AvgIpc) is 2.27. The molecular weight excluding hydrogens is 254 g/mol. The van der Waals surface area contributed by atoms with Gasteiger partial charge >= 0.3 is 0 Å². The maximum absolute atomic E-state index is 11.3. The fourth-order valence-electron chi connectivity index (χ4n) is 1.76. The molecule has 5 nitrogen and oxygen atoms in total. The van der Waals surface area contributed by atoms with Gasteiger partial charge < -0.3 is 15.5 Å². The third-order valence-electron chi connectivity index (χ3n) is 2.57. The van der Waals surface area contributed by atoms with Gasteiger partial charge in [0.15, 0.2) is 9.84 Å². The van der Waals surface area contributed by atoms with Crippen LogP contribution in [0, 0.1) is 0 Å². The van der Waals surface area contributed by atoms with Gasteiger partial charge in [-0.25, -0.2) is 8.42 Å². The summed E-state index contributed by atoms with van der Waals surface area (Å²) in [6.45, 7) is 0.231. The number of likely N-dealkylation sites (N-methyl/N-ethyl adjacent to an activating group) is 1. The van der Waals surface area contributed by atoms with Gasteiger partial charge in [-0.1, -0.05) is 24.3 Å². The molecule has 0 saturated carbocycles. The second kappa shape index (κ2) is 6.29. The third kappa shape index (κ3) is 4.38. The Morgan fingerprint density at radius 2 is 1.89 bits per heavy atom. The first-order chi connectivity index (χ1) is 8.35. The number of hydrogen-bond acceptors (Lipinski definition) is 5. The Kier molecular flexibility index (Phi) is 5.28. The summed E-state index contributed by atoms with van der Waals surface area (Å²) in [7, 11) is -1.51. The number of benzene rings is 1. The van der Waals surface area contributed by atoms with Gasteiger partial charge in [0.05, 0.1) is 11.9 Å². The van der Waals surface area contributed by atoms with Crippen LogP contribution in [0.4, 0.5) is 0 Å². The summed E-state index contributed by atoms with van der Waals surface area (Å²) in [6, 6.07) is 6.69. The molecule has 1 aromatic carbocycles. The first kappa shape index (κ1) is 15.1. The van der Waals surface area contributed by atoms with Crippen LogP contribution in [0.1, 0.15) is 17.2 Å². The Hall–Kier alpha value is -0.950. The van der Waals surface area contributed by atoms with E-state index in [0.29, 0.717) is 11.1 Å². The lowest BCUT2D eigenvalue weighted by Crippen LogP contribution is -2.30. The standard InChI is InChI=1S/C12H19NO4S/c1-13-7-11(14)12(15)10-6-4-3-5-9(10)8-18(2,16)17/h3-6,11-15H,7-8H2,1-2H3. The molecule has 0 fully saturated rings. The largest absolute Gasteiger partial charge is 0.389 e. The molecule has 2 unspecified atom stereocenters.